The summed E-state index contributed by atoms with van der Waals surface area (Å²) in [5, 5.41) is 22.3. The first-order valence-corrected chi connectivity index (χ1v) is 15.5. The number of thiophene rings is 1. The average molecular weight is 684 g/mol. The molecular formula is C33H32F7N3O3S. The summed E-state index contributed by atoms with van der Waals surface area (Å²) in [7, 11) is 0. The lowest BCUT2D eigenvalue weighted by Gasteiger charge is -2.31. The molecule has 4 rings (SSSR count). The number of carbonyl (C=O) groups is 2. The summed E-state index contributed by atoms with van der Waals surface area (Å²) in [5.41, 5.74) is -3.79. The Morgan fingerprint density at radius 1 is 1.00 bits per heavy atom. The summed E-state index contributed by atoms with van der Waals surface area (Å²) in [6, 6.07) is 7.29. The predicted octanol–water partition coefficient (Wildman–Crippen LogP) is 8.42. The topological polar surface area (TPSA) is 93.4 Å². The zero-order valence-electron chi connectivity index (χ0n) is 25.7. The number of nitrogens with one attached hydrogen (secondary N) is 1. The maximum atomic E-state index is 14.0. The number of alkyl halides is 6. The van der Waals surface area contributed by atoms with Gasteiger partial charge >= 0.3 is 18.3 Å². The van der Waals surface area contributed by atoms with E-state index < -0.39 is 58.6 Å². The van der Waals surface area contributed by atoms with Crippen molar-refractivity contribution in [3.63, 3.8) is 0 Å². The molecule has 2 N–H and O–H groups in total. The number of Topliss-reactive ketones (excluding diaryl/α,β-unsaturated/α-hetero) is 1. The second-order valence-electron chi connectivity index (χ2n) is 12.2. The number of ketones is 1. The van der Waals surface area contributed by atoms with E-state index in [1.165, 1.54) is 43.4 Å². The van der Waals surface area contributed by atoms with E-state index in [1.807, 2.05) is 0 Å². The number of rotatable bonds is 10. The smallest absolute Gasteiger partial charge is 0.416 e. The SMILES string of the molecule is Cc1cc(F)ccc1-c1sc(CN2CCC(CC(=O)O)CC2)c(C#N)c1NCC(=O)C(C)(C)c1cc(C(F)(F)F)cc(C(F)(F)F)c1. The summed E-state index contributed by atoms with van der Waals surface area (Å²) >= 11 is 1.25. The van der Waals surface area contributed by atoms with Crippen LogP contribution in [0.25, 0.3) is 10.4 Å². The van der Waals surface area contributed by atoms with Crippen molar-refractivity contribution in [3.8, 4) is 16.5 Å². The van der Waals surface area contributed by atoms with Gasteiger partial charge in [-0.2, -0.15) is 31.6 Å². The van der Waals surface area contributed by atoms with Crippen molar-refractivity contribution in [1.29, 1.82) is 5.26 Å². The van der Waals surface area contributed by atoms with Gasteiger partial charge in [0.1, 0.15) is 11.9 Å². The Labute approximate surface area is 270 Å². The Bertz CT molecular complexity index is 1670. The molecular weight excluding hydrogens is 651 g/mol. The van der Waals surface area contributed by atoms with Gasteiger partial charge in [0.15, 0.2) is 5.78 Å². The van der Waals surface area contributed by atoms with Crippen LogP contribution in [0.3, 0.4) is 0 Å². The van der Waals surface area contributed by atoms with Crippen LogP contribution in [0.15, 0.2) is 36.4 Å². The van der Waals surface area contributed by atoms with E-state index in [1.54, 1.807) is 6.92 Å². The van der Waals surface area contributed by atoms with E-state index in [4.69, 9.17) is 5.11 Å². The molecule has 0 bridgehead atoms. The Morgan fingerprint density at radius 2 is 1.57 bits per heavy atom. The van der Waals surface area contributed by atoms with Crippen molar-refractivity contribution in [1.82, 2.24) is 4.90 Å². The van der Waals surface area contributed by atoms with Crippen LogP contribution >= 0.6 is 11.3 Å². The maximum absolute atomic E-state index is 14.0. The van der Waals surface area contributed by atoms with Gasteiger partial charge in [-0.15, -0.1) is 11.3 Å². The number of nitrogens with zero attached hydrogens (tertiary/aromatic N) is 2. The van der Waals surface area contributed by atoms with E-state index in [0.717, 1.165) is 0 Å². The molecule has 1 aliphatic heterocycles. The molecule has 0 spiro atoms. The van der Waals surface area contributed by atoms with Gasteiger partial charge in [-0.3, -0.25) is 14.5 Å². The first kappa shape index (κ1) is 35.9. The fourth-order valence-electron chi connectivity index (χ4n) is 5.61. The van der Waals surface area contributed by atoms with Crippen LogP contribution in [0.5, 0.6) is 0 Å². The molecule has 0 radical (unpaired) electrons. The van der Waals surface area contributed by atoms with Gasteiger partial charge in [0.25, 0.3) is 0 Å². The lowest BCUT2D eigenvalue weighted by molar-refractivity contribution is -0.143. The minimum absolute atomic E-state index is 0.000335. The number of hydrogen-bond acceptors (Lipinski definition) is 6. The number of carbonyl (C=O) groups excluding carboxylic acids is 1. The highest BCUT2D eigenvalue weighted by Gasteiger charge is 2.40. The summed E-state index contributed by atoms with van der Waals surface area (Å²) in [5.74, 6) is -2.05. The number of carboxylic acids is 1. The molecule has 252 valence electrons. The quantitative estimate of drug-likeness (QED) is 0.209. The molecule has 47 heavy (non-hydrogen) atoms. The van der Waals surface area contributed by atoms with Crippen LogP contribution in [0.1, 0.15) is 65.8 Å². The molecule has 0 unspecified atom stereocenters. The van der Waals surface area contributed by atoms with Crippen LogP contribution in [0.4, 0.5) is 36.4 Å². The van der Waals surface area contributed by atoms with Gasteiger partial charge in [0.2, 0.25) is 0 Å². The van der Waals surface area contributed by atoms with Gasteiger partial charge < -0.3 is 10.4 Å². The minimum Gasteiger partial charge on any atom is -0.481 e. The molecule has 2 heterocycles. The zero-order chi connectivity index (χ0) is 34.9. The summed E-state index contributed by atoms with van der Waals surface area (Å²) in [4.78, 5) is 27.9. The van der Waals surface area contributed by atoms with Gasteiger partial charge in [-0.25, -0.2) is 4.39 Å². The molecule has 14 heteroatoms. The number of likely N-dealkylation sites (tertiary alicyclic amines) is 1. The van der Waals surface area contributed by atoms with Crippen LogP contribution < -0.4 is 5.32 Å². The number of hydrogen-bond donors (Lipinski definition) is 2. The van der Waals surface area contributed by atoms with Crippen LogP contribution in [0, 0.1) is 30.0 Å². The fraction of sp³-hybridized carbons (Fsp3) is 0.424. The second kappa shape index (κ2) is 13.6. The third-order valence-corrected chi connectivity index (χ3v) is 9.70. The largest absolute Gasteiger partial charge is 0.481 e. The number of aliphatic carboxylic acids is 1. The Hall–Kier alpha value is -3.96. The van der Waals surface area contributed by atoms with Gasteiger partial charge in [0.05, 0.1) is 39.2 Å². The zero-order valence-corrected chi connectivity index (χ0v) is 26.5. The van der Waals surface area contributed by atoms with Gasteiger partial charge in [0, 0.05) is 17.8 Å². The van der Waals surface area contributed by atoms with E-state index in [2.05, 4.69) is 16.3 Å². The highest BCUT2D eigenvalue weighted by molar-refractivity contribution is 7.16. The third kappa shape index (κ3) is 8.31. The highest BCUT2D eigenvalue weighted by Crippen LogP contribution is 2.44. The Balaban J connectivity index is 1.67. The molecule has 1 aromatic heterocycles. The molecule has 0 atom stereocenters. The maximum Gasteiger partial charge on any atom is 0.416 e. The van der Waals surface area contributed by atoms with E-state index in [0.29, 0.717) is 65.5 Å². The monoisotopic (exact) mass is 683 g/mol. The first-order chi connectivity index (χ1) is 21.8. The van der Waals surface area contributed by atoms with E-state index in [-0.39, 0.29) is 29.7 Å². The number of benzene rings is 2. The standard InChI is InChI=1S/C33H32F7N3O3S/c1-18-10-23(34)4-5-24(18)30-29(25(15-41)26(47-30)17-43-8-6-19(7-9-43)11-28(45)46)42-16-27(44)31(2,3)20-12-21(32(35,36)37)14-22(13-20)33(38,39)40/h4-5,10,12-14,19,42H,6-9,11,16-17H2,1-3H3,(H,45,46). The Kier molecular flexibility index (Phi) is 10.4. The molecule has 0 aliphatic carbocycles. The third-order valence-electron chi connectivity index (χ3n) is 8.50. The van der Waals surface area contributed by atoms with E-state index >= 15 is 0 Å². The molecule has 0 saturated carbocycles. The lowest BCUT2D eigenvalue weighted by atomic mass is 9.79. The predicted molar refractivity (Wildman–Crippen MR) is 162 cm³/mol. The normalized spacial score (nSPS) is 15.0. The molecule has 1 aliphatic rings. The van der Waals surface area contributed by atoms with Gasteiger partial charge in [-0.1, -0.05) is 6.07 Å². The van der Waals surface area contributed by atoms with Crippen molar-refractivity contribution in [2.75, 3.05) is 25.0 Å². The van der Waals surface area contributed by atoms with Crippen LogP contribution in [-0.4, -0.2) is 41.4 Å². The van der Waals surface area contributed by atoms with Crippen molar-refractivity contribution in [3.05, 3.63) is 74.9 Å². The van der Waals surface area contributed by atoms with Crippen molar-refractivity contribution in [2.45, 2.75) is 64.3 Å². The molecule has 1 fully saturated rings. The number of aryl methyl sites for hydroxylation is 1. The Morgan fingerprint density at radius 3 is 2.09 bits per heavy atom. The van der Waals surface area contributed by atoms with Crippen molar-refractivity contribution in [2.24, 2.45) is 5.92 Å². The number of nitriles is 1. The molecule has 1 saturated heterocycles. The van der Waals surface area contributed by atoms with E-state index in [9.17, 15) is 45.6 Å². The fourth-order valence-corrected chi connectivity index (χ4v) is 6.97. The highest BCUT2D eigenvalue weighted by atomic mass is 32.1. The number of anilines is 1. The second-order valence-corrected chi connectivity index (χ2v) is 13.3. The molecule has 0 amide bonds. The number of carboxylic acid groups (broad SMARTS) is 1. The van der Waals surface area contributed by atoms with Crippen LogP contribution in [0.2, 0.25) is 0 Å². The molecule has 3 aromatic rings. The summed E-state index contributed by atoms with van der Waals surface area (Å²) in [6.07, 6.45) is -8.79. The number of halogens is 7. The summed E-state index contributed by atoms with van der Waals surface area (Å²) < 4.78 is 95.2. The van der Waals surface area contributed by atoms with Crippen molar-refractivity contribution >= 4 is 28.8 Å². The first-order valence-electron chi connectivity index (χ1n) is 14.6. The molecule has 2 aromatic carbocycles. The van der Waals surface area contributed by atoms with Crippen molar-refractivity contribution < 1.29 is 45.4 Å². The number of piperidine rings is 1. The van der Waals surface area contributed by atoms with Crippen LogP contribution in [-0.2, 0) is 33.9 Å². The van der Waals surface area contributed by atoms with Gasteiger partial charge in [-0.05, 0) is 99.6 Å². The average Bonchev–Trinajstić information content (AvgIpc) is 3.31. The molecule has 6 nitrogen and oxygen atoms in total. The summed E-state index contributed by atoms with van der Waals surface area (Å²) in [6.45, 7) is 5.12. The minimum atomic E-state index is -5.09. The lowest BCUT2D eigenvalue weighted by Crippen LogP contribution is -2.35.